The molecule has 0 saturated carbocycles. The van der Waals surface area contributed by atoms with Crippen LogP contribution >= 0.6 is 0 Å². The lowest BCUT2D eigenvalue weighted by Crippen LogP contribution is -2.46. The summed E-state index contributed by atoms with van der Waals surface area (Å²) < 4.78 is 23.8. The van der Waals surface area contributed by atoms with Gasteiger partial charge in [0.15, 0.2) is 11.1 Å². The molecule has 1 saturated heterocycles. The third-order valence-electron chi connectivity index (χ3n) is 7.22. The Hall–Kier alpha value is -4.32. The number of likely N-dealkylation sites (N-methyl/N-ethyl adjacent to an activating group) is 1. The Morgan fingerprint density at radius 1 is 1.13 bits per heavy atom. The molecule has 4 aromatic rings. The van der Waals surface area contributed by atoms with Crippen molar-refractivity contribution in [3.63, 3.8) is 0 Å². The summed E-state index contributed by atoms with van der Waals surface area (Å²) in [4.78, 5) is 13.8. The number of nitrogens with zero attached hydrogens (tertiary/aromatic N) is 9. The fourth-order valence-corrected chi connectivity index (χ4v) is 5.18. The van der Waals surface area contributed by atoms with Gasteiger partial charge in [-0.05, 0) is 31.3 Å². The molecule has 1 N–H and O–H groups in total. The summed E-state index contributed by atoms with van der Waals surface area (Å²) in [5.74, 6) is 1.90. The molecule has 0 amide bonds. The van der Waals surface area contributed by atoms with E-state index in [1.807, 2.05) is 12.1 Å². The lowest BCUT2D eigenvalue weighted by molar-refractivity contribution is 0.311. The second-order valence-corrected chi connectivity index (χ2v) is 9.37. The molecule has 0 aliphatic carbocycles. The Labute approximate surface area is 218 Å². The van der Waals surface area contributed by atoms with E-state index in [-0.39, 0.29) is 12.4 Å². The molecule has 1 fully saturated rings. The van der Waals surface area contributed by atoms with Crippen molar-refractivity contribution in [1.29, 1.82) is 0 Å². The lowest BCUT2D eigenvalue weighted by Gasteiger charge is -2.34. The fraction of sp³-hybridized carbons (Fsp3) is 0.346. The highest BCUT2D eigenvalue weighted by atomic mass is 19.1. The van der Waals surface area contributed by atoms with E-state index in [0.29, 0.717) is 35.7 Å². The van der Waals surface area contributed by atoms with Crippen LogP contribution in [0.5, 0.6) is 5.75 Å². The normalized spacial score (nSPS) is 16.1. The summed E-state index contributed by atoms with van der Waals surface area (Å²) in [7, 11) is 3.86. The number of benzene rings is 1. The predicted octanol–water partition coefficient (Wildman–Crippen LogP) is 2.02. The zero-order valence-electron chi connectivity index (χ0n) is 21.4. The molecule has 0 unspecified atom stereocenters. The zero-order valence-corrected chi connectivity index (χ0v) is 21.4. The number of fused-ring (bicyclic) bond motifs is 2. The maximum absolute atomic E-state index is 14.6. The van der Waals surface area contributed by atoms with E-state index in [0.717, 1.165) is 54.4 Å². The van der Waals surface area contributed by atoms with E-state index < -0.39 is 0 Å². The molecule has 0 atom stereocenters. The average molecular weight is 517 g/mol. The van der Waals surface area contributed by atoms with Gasteiger partial charge >= 0.3 is 0 Å². The van der Waals surface area contributed by atoms with Gasteiger partial charge in [-0.2, -0.15) is 9.78 Å². The minimum absolute atomic E-state index is 0.258. The smallest absolute Gasteiger partial charge is 0.210 e. The molecule has 11 nitrogen and oxygen atoms in total. The second-order valence-electron chi connectivity index (χ2n) is 9.37. The Balaban J connectivity index is 1.36. The number of hydrogen-bond donors (Lipinski definition) is 1. The summed E-state index contributed by atoms with van der Waals surface area (Å²) in [5, 5.41) is 16.0. The number of piperazine rings is 1. The first-order valence-corrected chi connectivity index (χ1v) is 12.5. The van der Waals surface area contributed by atoms with Crippen LogP contribution in [0.3, 0.4) is 0 Å². The third kappa shape index (κ3) is 4.06. The highest BCUT2D eigenvalue weighted by Crippen LogP contribution is 2.31. The third-order valence-corrected chi connectivity index (χ3v) is 7.22. The van der Waals surface area contributed by atoms with Crippen LogP contribution in [0, 0.1) is 5.82 Å². The van der Waals surface area contributed by atoms with Gasteiger partial charge < -0.3 is 19.9 Å². The summed E-state index contributed by atoms with van der Waals surface area (Å²) in [6.07, 6.45) is 4.00. The topological polar surface area (TPSA) is 100 Å². The second kappa shape index (κ2) is 9.86. The van der Waals surface area contributed by atoms with Gasteiger partial charge in [-0.3, -0.25) is 9.39 Å². The molecule has 2 aliphatic heterocycles. The summed E-state index contributed by atoms with van der Waals surface area (Å²) in [6.45, 7) is 8.36. The van der Waals surface area contributed by atoms with E-state index in [2.05, 4.69) is 54.2 Å². The average Bonchev–Trinajstić information content (AvgIpc) is 3.62. The summed E-state index contributed by atoms with van der Waals surface area (Å²) >= 11 is 0. The molecule has 12 heteroatoms. The van der Waals surface area contributed by atoms with Gasteiger partial charge in [0.2, 0.25) is 5.95 Å². The van der Waals surface area contributed by atoms with Crippen molar-refractivity contribution in [3.05, 3.63) is 59.2 Å². The minimum Gasteiger partial charge on any atom is -0.493 e. The monoisotopic (exact) mass is 516 g/mol. The molecule has 0 spiro atoms. The molecule has 38 heavy (non-hydrogen) atoms. The molecule has 3 aromatic heterocycles. The van der Waals surface area contributed by atoms with Gasteiger partial charge in [0.05, 0.1) is 6.61 Å². The molecule has 6 rings (SSSR count). The number of pyridine rings is 1. The van der Waals surface area contributed by atoms with Gasteiger partial charge in [0.25, 0.3) is 0 Å². The van der Waals surface area contributed by atoms with Crippen molar-refractivity contribution in [2.45, 2.75) is 13.0 Å². The van der Waals surface area contributed by atoms with E-state index >= 15 is 0 Å². The van der Waals surface area contributed by atoms with Crippen LogP contribution in [0.2, 0.25) is 0 Å². The SMILES string of the molecule is C=Nn1c(N2CCN(C)CC2)ccc(-c2cnc(NCc3c(F)ccc4c3CCO4)n3cnnc23)c1=NC. The fourth-order valence-electron chi connectivity index (χ4n) is 5.18. The number of halogens is 1. The van der Waals surface area contributed by atoms with Crippen LogP contribution in [0.1, 0.15) is 11.1 Å². The number of rotatable bonds is 6. The maximum Gasteiger partial charge on any atom is 0.210 e. The van der Waals surface area contributed by atoms with E-state index in [9.17, 15) is 4.39 Å². The van der Waals surface area contributed by atoms with Crippen LogP contribution in [-0.2, 0) is 13.0 Å². The van der Waals surface area contributed by atoms with Crippen molar-refractivity contribution < 1.29 is 9.13 Å². The number of ether oxygens (including phenoxy) is 1. The Morgan fingerprint density at radius 2 is 1.97 bits per heavy atom. The van der Waals surface area contributed by atoms with Gasteiger partial charge in [-0.1, -0.05) is 0 Å². The maximum atomic E-state index is 14.6. The minimum atomic E-state index is -0.269. The molecular weight excluding hydrogens is 487 g/mol. The van der Waals surface area contributed by atoms with Crippen LogP contribution in [0.4, 0.5) is 16.2 Å². The number of nitrogens with one attached hydrogen (secondary N) is 1. The first-order valence-electron chi connectivity index (χ1n) is 12.5. The van der Waals surface area contributed by atoms with Crippen molar-refractivity contribution in [2.75, 3.05) is 57.1 Å². The largest absolute Gasteiger partial charge is 0.493 e. The molecule has 0 radical (unpaired) electrons. The highest BCUT2D eigenvalue weighted by molar-refractivity contribution is 5.77. The number of hydrogen-bond acceptors (Lipinski definition) is 9. The zero-order chi connectivity index (χ0) is 26.2. The van der Waals surface area contributed by atoms with Gasteiger partial charge in [0.1, 0.15) is 23.7 Å². The Morgan fingerprint density at radius 3 is 2.76 bits per heavy atom. The van der Waals surface area contributed by atoms with Crippen LogP contribution in [0.25, 0.3) is 16.8 Å². The molecule has 0 bridgehead atoms. The van der Waals surface area contributed by atoms with Gasteiger partial charge in [-0.15, -0.1) is 10.2 Å². The quantitative estimate of drug-likeness (QED) is 0.392. The van der Waals surface area contributed by atoms with Crippen molar-refractivity contribution in [3.8, 4) is 16.9 Å². The molecular formula is C26H29FN10O. The molecule has 196 valence electrons. The van der Waals surface area contributed by atoms with Crippen LogP contribution in [-0.4, -0.2) is 82.8 Å². The molecule has 2 aliphatic rings. The predicted molar refractivity (Wildman–Crippen MR) is 143 cm³/mol. The van der Waals surface area contributed by atoms with E-state index in [4.69, 9.17) is 4.74 Å². The summed E-state index contributed by atoms with van der Waals surface area (Å²) in [5.41, 5.74) is 4.26. The Kier molecular flexibility index (Phi) is 6.24. The Bertz CT molecular complexity index is 1590. The first kappa shape index (κ1) is 24.0. The summed E-state index contributed by atoms with van der Waals surface area (Å²) in [6, 6.07) is 7.17. The standard InChI is InChI=1S/C26H29FN10O/c1-28-24-18(4-7-23(37(24)29-2)35-11-9-34(3)10-12-35)20-15-31-26(36-16-32-33-25(20)36)30-14-19-17-8-13-38-22(17)6-5-21(19)27/h4-7,15-16H,2,8-14H2,1,3H3,(H,30,31). The van der Waals surface area contributed by atoms with Crippen molar-refractivity contribution >= 4 is 24.1 Å². The number of aromatic nitrogens is 5. The van der Waals surface area contributed by atoms with Gasteiger partial charge in [0, 0.05) is 81.4 Å². The molecule has 1 aromatic carbocycles. The first-order chi connectivity index (χ1) is 18.6. The van der Waals surface area contributed by atoms with Crippen molar-refractivity contribution in [2.24, 2.45) is 10.1 Å². The van der Waals surface area contributed by atoms with E-state index in [1.165, 1.54) is 6.07 Å². The highest BCUT2D eigenvalue weighted by Gasteiger charge is 2.22. The molecule has 5 heterocycles. The lowest BCUT2D eigenvalue weighted by atomic mass is 10.0. The van der Waals surface area contributed by atoms with Crippen molar-refractivity contribution in [1.82, 2.24) is 29.2 Å². The van der Waals surface area contributed by atoms with Crippen LogP contribution in [0.15, 0.2) is 46.9 Å². The van der Waals surface area contributed by atoms with Gasteiger partial charge in [-0.25, -0.2) is 9.37 Å². The number of anilines is 2. The van der Waals surface area contributed by atoms with E-state index in [1.54, 1.807) is 34.7 Å². The van der Waals surface area contributed by atoms with Crippen LogP contribution < -0.4 is 20.4 Å².